The first-order chi connectivity index (χ1) is 8.04. The van der Waals surface area contributed by atoms with Gasteiger partial charge in [-0.15, -0.1) is 0 Å². The Bertz CT molecular complexity index is 335. The molecule has 0 aliphatic rings. The van der Waals surface area contributed by atoms with E-state index in [4.69, 9.17) is 10.2 Å². The van der Waals surface area contributed by atoms with Crippen LogP contribution in [0.5, 0.6) is 0 Å². The van der Waals surface area contributed by atoms with Crippen LogP contribution in [0.1, 0.15) is 33.0 Å². The number of nitrogens with two attached hydrogens (primary N) is 1. The van der Waals surface area contributed by atoms with Crippen molar-refractivity contribution >= 4 is 5.91 Å². The van der Waals surface area contributed by atoms with Crippen molar-refractivity contribution in [1.82, 2.24) is 5.32 Å². The molecule has 1 aromatic heterocycles. The van der Waals surface area contributed by atoms with E-state index in [0.717, 1.165) is 12.2 Å². The molecular formula is C13H22N2O2. The lowest BCUT2D eigenvalue weighted by atomic mass is 9.99. The van der Waals surface area contributed by atoms with Crippen LogP contribution in [0.2, 0.25) is 0 Å². The molecule has 0 spiro atoms. The topological polar surface area (TPSA) is 68.3 Å². The van der Waals surface area contributed by atoms with E-state index in [1.54, 1.807) is 6.26 Å². The average Bonchev–Trinajstić information content (AvgIpc) is 2.79. The minimum Gasteiger partial charge on any atom is -0.469 e. The number of carbonyl (C=O) groups excluding carboxylic acids is 1. The molecule has 0 aliphatic carbocycles. The summed E-state index contributed by atoms with van der Waals surface area (Å²) in [4.78, 5) is 11.8. The number of amides is 1. The normalized spacial score (nSPS) is 16.2. The van der Waals surface area contributed by atoms with Crippen LogP contribution in [0.4, 0.5) is 0 Å². The SMILES string of the molecule is CC[C@H](C)[C@H](N)C(=O)NC(C)Cc1ccco1. The van der Waals surface area contributed by atoms with Crippen LogP contribution in [0, 0.1) is 5.92 Å². The predicted octanol–water partition coefficient (Wildman–Crippen LogP) is 1.70. The zero-order valence-electron chi connectivity index (χ0n) is 10.8. The van der Waals surface area contributed by atoms with Crippen LogP contribution in [0.15, 0.2) is 22.8 Å². The molecule has 0 saturated carbocycles. The van der Waals surface area contributed by atoms with E-state index in [9.17, 15) is 4.79 Å². The van der Waals surface area contributed by atoms with E-state index in [1.165, 1.54) is 0 Å². The maximum atomic E-state index is 11.8. The van der Waals surface area contributed by atoms with E-state index in [1.807, 2.05) is 32.9 Å². The molecule has 0 aromatic carbocycles. The molecule has 0 aliphatic heterocycles. The minimum absolute atomic E-state index is 0.0313. The zero-order chi connectivity index (χ0) is 12.8. The molecule has 1 amide bonds. The van der Waals surface area contributed by atoms with Gasteiger partial charge in [0.15, 0.2) is 0 Å². The lowest BCUT2D eigenvalue weighted by molar-refractivity contribution is -0.124. The molecule has 3 atom stereocenters. The van der Waals surface area contributed by atoms with Crippen molar-refractivity contribution < 1.29 is 9.21 Å². The smallest absolute Gasteiger partial charge is 0.237 e. The van der Waals surface area contributed by atoms with Crippen molar-refractivity contribution in [1.29, 1.82) is 0 Å². The van der Waals surface area contributed by atoms with Gasteiger partial charge in [-0.2, -0.15) is 0 Å². The van der Waals surface area contributed by atoms with Crippen molar-refractivity contribution in [2.45, 2.75) is 45.7 Å². The summed E-state index contributed by atoms with van der Waals surface area (Å²) in [6.07, 6.45) is 3.22. The third-order valence-corrected chi connectivity index (χ3v) is 3.04. The summed E-state index contributed by atoms with van der Waals surface area (Å²) in [5.41, 5.74) is 5.86. The molecule has 4 heteroatoms. The standard InChI is InChI=1S/C13H22N2O2/c1-4-9(2)12(14)13(16)15-10(3)8-11-6-5-7-17-11/h5-7,9-10,12H,4,8,14H2,1-3H3,(H,15,16)/t9-,10?,12-/m0/s1. The second-order valence-electron chi connectivity index (χ2n) is 4.60. The summed E-state index contributed by atoms with van der Waals surface area (Å²) < 4.78 is 5.23. The van der Waals surface area contributed by atoms with E-state index in [0.29, 0.717) is 6.42 Å². The first-order valence-corrected chi connectivity index (χ1v) is 6.13. The second-order valence-corrected chi connectivity index (χ2v) is 4.60. The van der Waals surface area contributed by atoms with E-state index >= 15 is 0 Å². The van der Waals surface area contributed by atoms with Gasteiger partial charge in [-0.1, -0.05) is 20.3 Å². The number of nitrogens with one attached hydrogen (secondary N) is 1. The molecule has 4 nitrogen and oxygen atoms in total. The lowest BCUT2D eigenvalue weighted by Gasteiger charge is -2.20. The largest absolute Gasteiger partial charge is 0.469 e. The molecule has 0 fully saturated rings. The molecule has 17 heavy (non-hydrogen) atoms. The minimum atomic E-state index is -0.431. The fourth-order valence-electron chi connectivity index (χ4n) is 1.63. The van der Waals surface area contributed by atoms with Crippen LogP contribution in [0.3, 0.4) is 0 Å². The molecule has 1 heterocycles. The summed E-state index contributed by atoms with van der Waals surface area (Å²) in [6, 6.07) is 3.34. The first-order valence-electron chi connectivity index (χ1n) is 6.13. The average molecular weight is 238 g/mol. The van der Waals surface area contributed by atoms with Crippen molar-refractivity contribution in [3.8, 4) is 0 Å². The monoisotopic (exact) mass is 238 g/mol. The van der Waals surface area contributed by atoms with Crippen LogP contribution < -0.4 is 11.1 Å². The maximum absolute atomic E-state index is 11.8. The van der Waals surface area contributed by atoms with Gasteiger partial charge in [-0.25, -0.2) is 0 Å². The second kappa shape index (κ2) is 6.45. The predicted molar refractivity (Wildman–Crippen MR) is 67.4 cm³/mol. The van der Waals surface area contributed by atoms with Gasteiger partial charge in [0.05, 0.1) is 12.3 Å². The summed E-state index contributed by atoms with van der Waals surface area (Å²) in [5.74, 6) is 0.985. The fraction of sp³-hybridized carbons (Fsp3) is 0.615. The Hall–Kier alpha value is -1.29. The molecular weight excluding hydrogens is 216 g/mol. The van der Waals surface area contributed by atoms with E-state index < -0.39 is 6.04 Å². The van der Waals surface area contributed by atoms with Crippen LogP contribution >= 0.6 is 0 Å². The first kappa shape index (κ1) is 13.8. The number of hydrogen-bond acceptors (Lipinski definition) is 3. The number of furan rings is 1. The molecule has 0 bridgehead atoms. The number of rotatable bonds is 6. The van der Waals surface area contributed by atoms with Gasteiger partial charge in [0.2, 0.25) is 5.91 Å². The fourth-order valence-corrected chi connectivity index (χ4v) is 1.63. The summed E-state index contributed by atoms with van der Waals surface area (Å²) in [5, 5.41) is 2.91. The number of hydrogen-bond donors (Lipinski definition) is 2. The van der Waals surface area contributed by atoms with Gasteiger partial charge in [0.25, 0.3) is 0 Å². The summed E-state index contributed by atoms with van der Waals surface area (Å²) in [6.45, 7) is 5.97. The van der Waals surface area contributed by atoms with Gasteiger partial charge in [0.1, 0.15) is 5.76 Å². The highest BCUT2D eigenvalue weighted by Gasteiger charge is 2.20. The lowest BCUT2D eigenvalue weighted by Crippen LogP contribution is -2.48. The summed E-state index contributed by atoms with van der Waals surface area (Å²) >= 11 is 0. The highest BCUT2D eigenvalue weighted by Crippen LogP contribution is 2.07. The van der Waals surface area contributed by atoms with E-state index in [2.05, 4.69) is 5.32 Å². The Morgan fingerprint density at radius 3 is 2.76 bits per heavy atom. The number of carbonyl (C=O) groups is 1. The molecule has 1 rings (SSSR count). The van der Waals surface area contributed by atoms with Crippen molar-refractivity contribution in [2.24, 2.45) is 11.7 Å². The highest BCUT2D eigenvalue weighted by atomic mass is 16.3. The van der Waals surface area contributed by atoms with Crippen molar-refractivity contribution in [3.05, 3.63) is 24.2 Å². The molecule has 0 saturated heterocycles. The van der Waals surface area contributed by atoms with Gasteiger partial charge < -0.3 is 15.5 Å². The van der Waals surface area contributed by atoms with Crippen molar-refractivity contribution in [3.63, 3.8) is 0 Å². The molecule has 3 N–H and O–H groups in total. The van der Waals surface area contributed by atoms with Gasteiger partial charge >= 0.3 is 0 Å². The summed E-state index contributed by atoms with van der Waals surface area (Å²) in [7, 11) is 0. The third-order valence-electron chi connectivity index (χ3n) is 3.04. The van der Waals surface area contributed by atoms with Gasteiger partial charge in [-0.3, -0.25) is 4.79 Å². The quantitative estimate of drug-likeness (QED) is 0.792. The Morgan fingerprint density at radius 2 is 2.24 bits per heavy atom. The van der Waals surface area contributed by atoms with Gasteiger partial charge in [0, 0.05) is 12.5 Å². The van der Waals surface area contributed by atoms with Crippen LogP contribution in [-0.4, -0.2) is 18.0 Å². The molecule has 96 valence electrons. The Morgan fingerprint density at radius 1 is 1.53 bits per heavy atom. The maximum Gasteiger partial charge on any atom is 0.237 e. The third kappa shape index (κ3) is 4.23. The van der Waals surface area contributed by atoms with E-state index in [-0.39, 0.29) is 17.9 Å². The van der Waals surface area contributed by atoms with Crippen LogP contribution in [-0.2, 0) is 11.2 Å². The molecule has 1 aromatic rings. The Balaban J connectivity index is 2.40. The van der Waals surface area contributed by atoms with Crippen molar-refractivity contribution in [2.75, 3.05) is 0 Å². The highest BCUT2D eigenvalue weighted by molar-refractivity contribution is 5.82. The molecule has 0 radical (unpaired) electrons. The Labute approximate surface area is 103 Å². The van der Waals surface area contributed by atoms with Gasteiger partial charge in [-0.05, 0) is 25.0 Å². The Kier molecular flexibility index (Phi) is 5.22. The molecule has 1 unspecified atom stereocenters. The zero-order valence-corrected chi connectivity index (χ0v) is 10.8. The van der Waals surface area contributed by atoms with Crippen LogP contribution in [0.25, 0.3) is 0 Å².